The second-order valence-electron chi connectivity index (χ2n) is 6.11. The highest BCUT2D eigenvalue weighted by molar-refractivity contribution is 6.06. The van der Waals surface area contributed by atoms with E-state index in [-0.39, 0.29) is 17.6 Å². The number of hydrogen-bond acceptors (Lipinski definition) is 4. The molecule has 1 aliphatic rings. The number of nitrogens with one attached hydrogen (secondary N) is 1. The smallest absolute Gasteiger partial charge is 0.254 e. The number of anilines is 1. The first-order valence-corrected chi connectivity index (χ1v) is 8.38. The minimum atomic E-state index is -0.654. The molecule has 1 N–H and O–H groups in total. The summed E-state index contributed by atoms with van der Waals surface area (Å²) < 4.78 is 5.69. The molecule has 0 spiro atoms. The monoisotopic (exact) mass is 352 g/mol. The van der Waals surface area contributed by atoms with Gasteiger partial charge in [-0.1, -0.05) is 18.2 Å². The summed E-state index contributed by atoms with van der Waals surface area (Å²) in [5.41, 5.74) is 2.20. The highest BCUT2D eigenvalue weighted by Crippen LogP contribution is 2.35. The van der Waals surface area contributed by atoms with E-state index in [0.717, 1.165) is 11.3 Å². The van der Waals surface area contributed by atoms with Crippen LogP contribution in [0.2, 0.25) is 0 Å². The molecule has 2 aromatic rings. The van der Waals surface area contributed by atoms with E-state index < -0.39 is 6.04 Å². The van der Waals surface area contributed by atoms with Crippen LogP contribution in [0.3, 0.4) is 0 Å². The van der Waals surface area contributed by atoms with Gasteiger partial charge in [0.05, 0.1) is 6.54 Å². The maximum atomic E-state index is 12.7. The third-order valence-corrected chi connectivity index (χ3v) is 4.24. The van der Waals surface area contributed by atoms with Gasteiger partial charge in [-0.15, -0.1) is 0 Å². The molecule has 0 saturated carbocycles. The predicted molar refractivity (Wildman–Crippen MR) is 97.3 cm³/mol. The van der Waals surface area contributed by atoms with E-state index in [0.29, 0.717) is 24.5 Å². The molecule has 0 saturated heterocycles. The zero-order chi connectivity index (χ0) is 18.7. The van der Waals surface area contributed by atoms with Crippen LogP contribution in [0.25, 0.3) is 0 Å². The molecule has 6 nitrogen and oxygen atoms in total. The lowest BCUT2D eigenvalue weighted by Gasteiger charge is -2.18. The van der Waals surface area contributed by atoms with E-state index in [1.54, 1.807) is 29.2 Å². The SMILES string of the molecule is CC(=O)N[C@H]1C(=O)N(CCOc2ccc(C(C)=O)cc2)c2ccccc21. The van der Waals surface area contributed by atoms with Crippen LogP contribution >= 0.6 is 0 Å². The van der Waals surface area contributed by atoms with Gasteiger partial charge in [-0.2, -0.15) is 0 Å². The Morgan fingerprint density at radius 1 is 1.08 bits per heavy atom. The van der Waals surface area contributed by atoms with E-state index in [2.05, 4.69) is 5.32 Å². The number of amides is 2. The standard InChI is InChI=1S/C20H20N2O4/c1-13(23)15-7-9-16(10-8-15)26-12-11-22-18-6-4-3-5-17(18)19(20(22)25)21-14(2)24/h3-10,19H,11-12H2,1-2H3,(H,21,24)/t19-/m1/s1. The van der Waals surface area contributed by atoms with Crippen LogP contribution < -0.4 is 15.0 Å². The van der Waals surface area contributed by atoms with Crippen LogP contribution in [0.1, 0.15) is 35.8 Å². The second-order valence-corrected chi connectivity index (χ2v) is 6.11. The number of benzene rings is 2. The highest BCUT2D eigenvalue weighted by atomic mass is 16.5. The minimum Gasteiger partial charge on any atom is -0.492 e. The fourth-order valence-electron chi connectivity index (χ4n) is 3.00. The van der Waals surface area contributed by atoms with E-state index >= 15 is 0 Å². The Bertz CT molecular complexity index is 845. The number of hydrogen-bond donors (Lipinski definition) is 1. The van der Waals surface area contributed by atoms with Gasteiger partial charge in [0, 0.05) is 23.7 Å². The van der Waals surface area contributed by atoms with E-state index in [9.17, 15) is 14.4 Å². The second kappa shape index (κ2) is 7.39. The third-order valence-electron chi connectivity index (χ3n) is 4.24. The minimum absolute atomic E-state index is 0.000154. The molecule has 3 rings (SSSR count). The van der Waals surface area contributed by atoms with Gasteiger partial charge < -0.3 is 15.0 Å². The molecular weight excluding hydrogens is 332 g/mol. The number of rotatable bonds is 6. The van der Waals surface area contributed by atoms with Gasteiger partial charge in [-0.25, -0.2) is 0 Å². The molecule has 0 radical (unpaired) electrons. The first-order valence-electron chi connectivity index (χ1n) is 8.38. The number of carbonyl (C=O) groups is 3. The first-order chi connectivity index (χ1) is 12.5. The largest absolute Gasteiger partial charge is 0.492 e. The number of fused-ring (bicyclic) bond motifs is 1. The van der Waals surface area contributed by atoms with E-state index in [4.69, 9.17) is 4.74 Å². The molecule has 1 aliphatic heterocycles. The Morgan fingerprint density at radius 3 is 2.42 bits per heavy atom. The van der Waals surface area contributed by atoms with Crippen molar-refractivity contribution in [2.75, 3.05) is 18.1 Å². The zero-order valence-corrected chi connectivity index (χ0v) is 14.7. The Kier molecular flexibility index (Phi) is 5.02. The fraction of sp³-hybridized carbons (Fsp3) is 0.250. The number of para-hydroxylation sites is 1. The van der Waals surface area contributed by atoms with Crippen LogP contribution in [-0.2, 0) is 9.59 Å². The fourth-order valence-corrected chi connectivity index (χ4v) is 3.00. The maximum absolute atomic E-state index is 12.7. The Hall–Kier alpha value is -3.15. The molecule has 0 aliphatic carbocycles. The summed E-state index contributed by atoms with van der Waals surface area (Å²) in [5, 5.41) is 2.70. The summed E-state index contributed by atoms with van der Waals surface area (Å²) in [5.74, 6) is 0.215. The molecule has 0 unspecified atom stereocenters. The van der Waals surface area contributed by atoms with Crippen LogP contribution in [0.5, 0.6) is 5.75 Å². The lowest BCUT2D eigenvalue weighted by atomic mass is 10.1. The zero-order valence-electron chi connectivity index (χ0n) is 14.7. The van der Waals surface area contributed by atoms with E-state index in [1.807, 2.05) is 24.3 Å². The topological polar surface area (TPSA) is 75.7 Å². The summed E-state index contributed by atoms with van der Waals surface area (Å²) in [6, 6.07) is 13.6. The molecule has 0 aromatic heterocycles. The molecule has 1 atom stereocenters. The van der Waals surface area contributed by atoms with Crippen LogP contribution in [0.15, 0.2) is 48.5 Å². The molecule has 6 heteroatoms. The van der Waals surface area contributed by atoms with E-state index in [1.165, 1.54) is 13.8 Å². The molecule has 1 heterocycles. The summed E-state index contributed by atoms with van der Waals surface area (Å²) in [7, 11) is 0. The van der Waals surface area contributed by atoms with Crippen molar-refractivity contribution in [3.05, 3.63) is 59.7 Å². The Morgan fingerprint density at radius 2 is 1.77 bits per heavy atom. The van der Waals surface area contributed by atoms with Gasteiger partial charge >= 0.3 is 0 Å². The summed E-state index contributed by atoms with van der Waals surface area (Å²) in [4.78, 5) is 37.0. The average molecular weight is 352 g/mol. The van der Waals surface area contributed by atoms with Crippen LogP contribution in [0, 0.1) is 0 Å². The number of ketones is 1. The van der Waals surface area contributed by atoms with Crippen molar-refractivity contribution in [3.8, 4) is 5.75 Å². The Balaban J connectivity index is 1.67. The van der Waals surface area contributed by atoms with Gasteiger partial charge in [-0.05, 0) is 37.3 Å². The molecular formula is C20H20N2O4. The maximum Gasteiger partial charge on any atom is 0.254 e. The van der Waals surface area contributed by atoms with Crippen molar-refractivity contribution in [1.82, 2.24) is 5.32 Å². The van der Waals surface area contributed by atoms with Gasteiger partial charge in [0.1, 0.15) is 18.4 Å². The van der Waals surface area contributed by atoms with Crippen molar-refractivity contribution >= 4 is 23.3 Å². The van der Waals surface area contributed by atoms with Gasteiger partial charge in [0.25, 0.3) is 5.91 Å². The molecule has 26 heavy (non-hydrogen) atoms. The average Bonchev–Trinajstić information content (AvgIpc) is 2.87. The first kappa shape index (κ1) is 17.7. The van der Waals surface area contributed by atoms with Crippen LogP contribution in [0.4, 0.5) is 5.69 Å². The molecule has 0 fully saturated rings. The molecule has 0 bridgehead atoms. The number of ether oxygens (including phenoxy) is 1. The summed E-state index contributed by atoms with van der Waals surface area (Å²) in [6.45, 7) is 3.57. The van der Waals surface area contributed by atoms with Gasteiger partial charge in [-0.3, -0.25) is 14.4 Å². The molecule has 134 valence electrons. The van der Waals surface area contributed by atoms with Crippen molar-refractivity contribution in [2.45, 2.75) is 19.9 Å². The van der Waals surface area contributed by atoms with Crippen molar-refractivity contribution in [2.24, 2.45) is 0 Å². The number of nitrogens with zero attached hydrogens (tertiary/aromatic N) is 1. The molecule has 2 amide bonds. The molecule has 2 aromatic carbocycles. The number of Topliss-reactive ketones (excluding diaryl/α,β-unsaturated/α-hetero) is 1. The Labute approximate surface area is 151 Å². The van der Waals surface area contributed by atoms with Gasteiger partial charge in [0.2, 0.25) is 5.91 Å². The third kappa shape index (κ3) is 3.59. The van der Waals surface area contributed by atoms with Crippen molar-refractivity contribution in [1.29, 1.82) is 0 Å². The number of carbonyl (C=O) groups excluding carboxylic acids is 3. The van der Waals surface area contributed by atoms with Crippen molar-refractivity contribution < 1.29 is 19.1 Å². The summed E-state index contributed by atoms with van der Waals surface area (Å²) >= 11 is 0. The predicted octanol–water partition coefficient (Wildman–Crippen LogP) is 2.49. The van der Waals surface area contributed by atoms with Gasteiger partial charge in [0.15, 0.2) is 5.78 Å². The quantitative estimate of drug-likeness (QED) is 0.811. The van der Waals surface area contributed by atoms with Crippen LogP contribution in [-0.4, -0.2) is 30.7 Å². The lowest BCUT2D eigenvalue weighted by molar-refractivity contribution is -0.126. The van der Waals surface area contributed by atoms with Crippen molar-refractivity contribution in [3.63, 3.8) is 0 Å². The summed E-state index contributed by atoms with van der Waals surface area (Å²) in [6.07, 6.45) is 0. The lowest BCUT2D eigenvalue weighted by Crippen LogP contribution is -2.38. The normalized spacial score (nSPS) is 15.5. The highest BCUT2D eigenvalue weighted by Gasteiger charge is 2.37.